The van der Waals surface area contributed by atoms with E-state index in [4.69, 9.17) is 13.6 Å². The molecule has 8 heteroatoms. The number of fused-ring (bicyclic) bond motifs is 1. The number of amides is 2. The summed E-state index contributed by atoms with van der Waals surface area (Å²) >= 11 is 0. The standard InChI is InChI=1S/C29H27FN2O5/c1-3-31(2)28(33)26-13-12-23(37-26)18-36-22-11-8-19-14-15-32(29(34)25-5-4-16-35-25)27(24(19)17-22)20-6-9-21(30)10-7-20/h4-13,16-17,27H,3,14-15,18H2,1-2H3. The lowest BCUT2D eigenvalue weighted by atomic mass is 9.87. The summed E-state index contributed by atoms with van der Waals surface area (Å²) in [6.07, 6.45) is 2.13. The third-order valence-corrected chi connectivity index (χ3v) is 6.60. The van der Waals surface area contributed by atoms with Gasteiger partial charge in [-0.2, -0.15) is 0 Å². The quantitative estimate of drug-likeness (QED) is 0.335. The molecule has 0 saturated carbocycles. The fraction of sp³-hybridized carbons (Fsp3) is 0.241. The number of hydrogen-bond acceptors (Lipinski definition) is 5. The van der Waals surface area contributed by atoms with Gasteiger partial charge in [0.25, 0.3) is 11.8 Å². The Morgan fingerprint density at radius 2 is 1.89 bits per heavy atom. The number of rotatable bonds is 7. The molecule has 7 nitrogen and oxygen atoms in total. The highest BCUT2D eigenvalue weighted by Gasteiger charge is 2.34. The highest BCUT2D eigenvalue weighted by Crippen LogP contribution is 2.38. The first-order chi connectivity index (χ1) is 17.9. The molecule has 0 aliphatic carbocycles. The first kappa shape index (κ1) is 24.4. The SMILES string of the molecule is CCN(C)C(=O)c1ccc(COc2ccc3c(c2)C(c2ccc(F)cc2)N(C(=O)c2ccco2)CC3)o1. The second kappa shape index (κ2) is 10.3. The predicted octanol–water partition coefficient (Wildman–Crippen LogP) is 5.47. The Morgan fingerprint density at radius 1 is 1.08 bits per heavy atom. The van der Waals surface area contributed by atoms with Crippen molar-refractivity contribution in [2.75, 3.05) is 20.1 Å². The number of halogens is 1. The van der Waals surface area contributed by atoms with Crippen molar-refractivity contribution in [2.24, 2.45) is 0 Å². The summed E-state index contributed by atoms with van der Waals surface area (Å²) in [5.41, 5.74) is 2.77. The molecule has 1 aliphatic heterocycles. The summed E-state index contributed by atoms with van der Waals surface area (Å²) in [5.74, 6) is 0.856. The molecule has 0 N–H and O–H groups in total. The Kier molecular flexibility index (Phi) is 6.81. The molecule has 2 amide bonds. The molecule has 0 spiro atoms. The molecule has 5 rings (SSSR count). The Balaban J connectivity index is 1.42. The van der Waals surface area contributed by atoms with Crippen LogP contribution in [0.4, 0.5) is 4.39 Å². The number of nitrogens with zero attached hydrogens (tertiary/aromatic N) is 2. The van der Waals surface area contributed by atoms with Crippen molar-refractivity contribution in [3.63, 3.8) is 0 Å². The van der Waals surface area contributed by atoms with Crippen molar-refractivity contribution in [2.45, 2.75) is 26.0 Å². The molecule has 2 aromatic heterocycles. The molecule has 0 saturated heterocycles. The van der Waals surface area contributed by atoms with Gasteiger partial charge in [0.1, 0.15) is 23.9 Å². The molecule has 1 unspecified atom stereocenters. The van der Waals surface area contributed by atoms with Crippen LogP contribution in [0, 0.1) is 5.82 Å². The fourth-order valence-electron chi connectivity index (χ4n) is 4.50. The lowest BCUT2D eigenvalue weighted by Gasteiger charge is -2.37. The summed E-state index contributed by atoms with van der Waals surface area (Å²) < 4.78 is 30.8. The van der Waals surface area contributed by atoms with Crippen LogP contribution >= 0.6 is 0 Å². The predicted molar refractivity (Wildman–Crippen MR) is 134 cm³/mol. The van der Waals surface area contributed by atoms with Gasteiger partial charge in [-0.3, -0.25) is 9.59 Å². The van der Waals surface area contributed by atoms with Gasteiger partial charge in [-0.05, 0) is 78.6 Å². The fourth-order valence-corrected chi connectivity index (χ4v) is 4.50. The van der Waals surface area contributed by atoms with Crippen LogP contribution in [0.2, 0.25) is 0 Å². The van der Waals surface area contributed by atoms with E-state index in [-0.39, 0.29) is 35.8 Å². The lowest BCUT2D eigenvalue weighted by Crippen LogP contribution is -2.40. The molecule has 0 fully saturated rings. The third-order valence-electron chi connectivity index (χ3n) is 6.60. The highest BCUT2D eigenvalue weighted by molar-refractivity contribution is 5.92. The second-order valence-electron chi connectivity index (χ2n) is 8.91. The molecule has 1 aliphatic rings. The van der Waals surface area contributed by atoms with Gasteiger partial charge in [-0.1, -0.05) is 18.2 Å². The molecular weight excluding hydrogens is 475 g/mol. The summed E-state index contributed by atoms with van der Waals surface area (Å²) in [5, 5.41) is 0. The van der Waals surface area contributed by atoms with E-state index in [0.717, 1.165) is 16.7 Å². The maximum absolute atomic E-state index is 13.7. The monoisotopic (exact) mass is 502 g/mol. The first-order valence-corrected chi connectivity index (χ1v) is 12.1. The second-order valence-corrected chi connectivity index (χ2v) is 8.91. The topological polar surface area (TPSA) is 76.1 Å². The van der Waals surface area contributed by atoms with Gasteiger partial charge in [0.15, 0.2) is 11.5 Å². The van der Waals surface area contributed by atoms with E-state index in [0.29, 0.717) is 31.0 Å². The van der Waals surface area contributed by atoms with Gasteiger partial charge >= 0.3 is 0 Å². The van der Waals surface area contributed by atoms with Gasteiger partial charge in [0.05, 0.1) is 12.3 Å². The zero-order chi connectivity index (χ0) is 25.9. The molecule has 190 valence electrons. The molecule has 0 bridgehead atoms. The van der Waals surface area contributed by atoms with Crippen molar-refractivity contribution in [3.05, 3.63) is 113 Å². The van der Waals surface area contributed by atoms with Gasteiger partial charge in [-0.15, -0.1) is 0 Å². The third kappa shape index (κ3) is 5.00. The average Bonchev–Trinajstić information content (AvgIpc) is 3.63. The van der Waals surface area contributed by atoms with Crippen LogP contribution in [0.25, 0.3) is 0 Å². The van der Waals surface area contributed by atoms with Crippen molar-refractivity contribution >= 4 is 11.8 Å². The number of furan rings is 2. The zero-order valence-electron chi connectivity index (χ0n) is 20.6. The van der Waals surface area contributed by atoms with E-state index < -0.39 is 6.04 Å². The Hall–Kier alpha value is -4.33. The minimum atomic E-state index is -0.442. The summed E-state index contributed by atoms with van der Waals surface area (Å²) in [6, 6.07) is 18.2. The summed E-state index contributed by atoms with van der Waals surface area (Å²) in [4.78, 5) is 29.0. The molecule has 1 atom stereocenters. The summed E-state index contributed by atoms with van der Waals surface area (Å²) in [7, 11) is 1.71. The van der Waals surface area contributed by atoms with Gasteiger partial charge < -0.3 is 23.4 Å². The highest BCUT2D eigenvalue weighted by atomic mass is 19.1. The van der Waals surface area contributed by atoms with Crippen LogP contribution in [0.1, 0.15) is 56.5 Å². The Labute approximate surface area is 214 Å². The molecule has 0 radical (unpaired) electrons. The average molecular weight is 503 g/mol. The van der Waals surface area contributed by atoms with Crippen molar-refractivity contribution in [3.8, 4) is 5.75 Å². The van der Waals surface area contributed by atoms with Crippen LogP contribution < -0.4 is 4.74 Å². The Bertz CT molecular complexity index is 1390. The smallest absolute Gasteiger partial charge is 0.290 e. The zero-order valence-corrected chi connectivity index (χ0v) is 20.6. The van der Waals surface area contributed by atoms with Crippen molar-refractivity contribution < 1.29 is 27.6 Å². The minimum absolute atomic E-state index is 0.137. The number of hydrogen-bond donors (Lipinski definition) is 0. The van der Waals surface area contributed by atoms with E-state index in [1.165, 1.54) is 18.4 Å². The van der Waals surface area contributed by atoms with Gasteiger partial charge in [-0.25, -0.2) is 4.39 Å². The van der Waals surface area contributed by atoms with Crippen LogP contribution in [0.15, 0.2) is 81.8 Å². The first-order valence-electron chi connectivity index (χ1n) is 12.1. The van der Waals surface area contributed by atoms with Crippen molar-refractivity contribution in [1.29, 1.82) is 0 Å². The molecule has 3 heterocycles. The molecular formula is C29H27FN2O5. The minimum Gasteiger partial charge on any atom is -0.486 e. The van der Waals surface area contributed by atoms with E-state index >= 15 is 0 Å². The Morgan fingerprint density at radius 3 is 2.62 bits per heavy atom. The maximum Gasteiger partial charge on any atom is 0.290 e. The lowest BCUT2D eigenvalue weighted by molar-refractivity contribution is 0.0661. The van der Waals surface area contributed by atoms with Crippen LogP contribution in [0.3, 0.4) is 0 Å². The van der Waals surface area contributed by atoms with E-state index in [2.05, 4.69) is 0 Å². The summed E-state index contributed by atoms with van der Waals surface area (Å²) in [6.45, 7) is 3.10. The van der Waals surface area contributed by atoms with E-state index in [9.17, 15) is 14.0 Å². The molecule has 4 aromatic rings. The number of carbonyl (C=O) groups is 2. The van der Waals surface area contributed by atoms with E-state index in [1.807, 2.05) is 25.1 Å². The van der Waals surface area contributed by atoms with Gasteiger partial charge in [0.2, 0.25) is 0 Å². The molecule has 2 aromatic carbocycles. The number of benzene rings is 2. The van der Waals surface area contributed by atoms with Gasteiger partial charge in [0, 0.05) is 20.1 Å². The van der Waals surface area contributed by atoms with Crippen LogP contribution in [-0.2, 0) is 13.0 Å². The van der Waals surface area contributed by atoms with E-state index in [1.54, 1.807) is 53.2 Å². The largest absolute Gasteiger partial charge is 0.486 e. The number of carbonyl (C=O) groups excluding carboxylic acids is 2. The number of ether oxygens (including phenoxy) is 1. The maximum atomic E-state index is 13.7. The van der Waals surface area contributed by atoms with Crippen LogP contribution in [-0.4, -0.2) is 41.8 Å². The normalized spacial score (nSPS) is 14.8. The van der Waals surface area contributed by atoms with Crippen LogP contribution in [0.5, 0.6) is 5.75 Å². The molecule has 37 heavy (non-hydrogen) atoms. The van der Waals surface area contributed by atoms with Crippen molar-refractivity contribution in [1.82, 2.24) is 9.80 Å².